The van der Waals surface area contributed by atoms with Crippen LogP contribution in [-0.2, 0) is 21.5 Å². The van der Waals surface area contributed by atoms with Crippen LogP contribution in [0.5, 0.6) is 0 Å². The Hall–Kier alpha value is -2.23. The van der Waals surface area contributed by atoms with E-state index in [-0.39, 0.29) is 6.04 Å². The number of nitrogens with zero attached hydrogens (tertiary/aromatic N) is 6. The van der Waals surface area contributed by atoms with Gasteiger partial charge >= 0.3 is 0 Å². The number of ether oxygens (including phenoxy) is 1. The molecule has 0 bridgehead atoms. The van der Waals surface area contributed by atoms with E-state index < -0.39 is 9.73 Å². The summed E-state index contributed by atoms with van der Waals surface area (Å²) in [6.45, 7) is 4.04. The second kappa shape index (κ2) is 7.55. The molecule has 1 aliphatic heterocycles. The van der Waals surface area contributed by atoms with Crippen molar-refractivity contribution in [2.24, 2.45) is 11.4 Å². The molecule has 1 aliphatic rings. The molecular formula is C19H23ClN6O2S. The highest BCUT2D eigenvalue weighted by Gasteiger charge is 2.23. The maximum absolute atomic E-state index is 12.3. The molecule has 3 aromatic rings. The standard InChI is InChI=1S/C19H23ClN6O2S/c1-12-11-28-8-7-26(12)17-10-16(24-29(3,4)27)22-18(23-17)14-9-15(20)21-19-13(14)5-6-25(19)2/h5-6,9-10,12H,7-8,11H2,1-4H3/t12-/m1/s1. The third-order valence-electron chi connectivity index (χ3n) is 4.72. The Labute approximate surface area is 175 Å². The average molecular weight is 435 g/mol. The van der Waals surface area contributed by atoms with Crippen LogP contribution in [0.25, 0.3) is 22.4 Å². The molecule has 29 heavy (non-hydrogen) atoms. The van der Waals surface area contributed by atoms with Crippen molar-refractivity contribution in [3.8, 4) is 11.4 Å². The lowest BCUT2D eigenvalue weighted by molar-refractivity contribution is 0.0985. The molecule has 0 spiro atoms. The van der Waals surface area contributed by atoms with Gasteiger partial charge in [-0.05, 0) is 19.1 Å². The molecule has 0 saturated carbocycles. The third-order valence-corrected chi connectivity index (χ3v) is 5.54. The monoisotopic (exact) mass is 434 g/mol. The lowest BCUT2D eigenvalue weighted by Gasteiger charge is -2.34. The van der Waals surface area contributed by atoms with Crippen LogP contribution in [0.4, 0.5) is 11.6 Å². The summed E-state index contributed by atoms with van der Waals surface area (Å²) in [4.78, 5) is 16.0. The molecular weight excluding hydrogens is 412 g/mol. The van der Waals surface area contributed by atoms with Gasteiger partial charge in [-0.1, -0.05) is 11.6 Å². The van der Waals surface area contributed by atoms with E-state index in [0.717, 1.165) is 22.4 Å². The minimum Gasteiger partial charge on any atom is -0.377 e. The summed E-state index contributed by atoms with van der Waals surface area (Å²) in [5.41, 5.74) is 1.51. The van der Waals surface area contributed by atoms with Crippen molar-refractivity contribution in [2.45, 2.75) is 13.0 Å². The van der Waals surface area contributed by atoms with Crippen LogP contribution >= 0.6 is 11.6 Å². The molecule has 0 unspecified atom stereocenters. The Kier molecular flexibility index (Phi) is 5.22. The second-order valence-electron chi connectivity index (χ2n) is 7.45. The van der Waals surface area contributed by atoms with Crippen LogP contribution in [0.2, 0.25) is 5.15 Å². The average Bonchev–Trinajstić information content (AvgIpc) is 3.00. The number of morpholine rings is 1. The van der Waals surface area contributed by atoms with E-state index in [9.17, 15) is 4.21 Å². The van der Waals surface area contributed by atoms with Crippen molar-refractivity contribution in [1.29, 1.82) is 0 Å². The van der Waals surface area contributed by atoms with E-state index in [2.05, 4.69) is 26.2 Å². The van der Waals surface area contributed by atoms with Crippen molar-refractivity contribution in [2.75, 3.05) is 37.2 Å². The number of hydrogen-bond acceptors (Lipinski definition) is 7. The lowest BCUT2D eigenvalue weighted by Crippen LogP contribution is -2.44. The number of rotatable bonds is 3. The summed E-state index contributed by atoms with van der Waals surface area (Å²) in [5.74, 6) is 1.59. The molecule has 3 aromatic heterocycles. The molecule has 4 rings (SSSR count). The number of halogens is 1. The SMILES string of the molecule is C[C@@H]1COCCN1c1cc(N=S(C)(C)=O)nc(-c2cc(Cl)nc3c2ccn3C)n1. The molecule has 154 valence electrons. The normalized spacial score (nSPS) is 17.7. The van der Waals surface area contributed by atoms with E-state index in [1.54, 1.807) is 24.6 Å². The second-order valence-corrected chi connectivity index (χ2v) is 10.4. The van der Waals surface area contributed by atoms with E-state index in [4.69, 9.17) is 21.3 Å². The quantitative estimate of drug-likeness (QED) is 0.588. The zero-order valence-corrected chi connectivity index (χ0v) is 18.4. The molecule has 4 heterocycles. The Morgan fingerprint density at radius 3 is 2.79 bits per heavy atom. The molecule has 1 saturated heterocycles. The Morgan fingerprint density at radius 1 is 1.28 bits per heavy atom. The number of aryl methyl sites for hydroxylation is 1. The van der Waals surface area contributed by atoms with Gasteiger partial charge in [0.2, 0.25) is 0 Å². The van der Waals surface area contributed by atoms with Crippen LogP contribution in [0.1, 0.15) is 6.92 Å². The first-order chi connectivity index (χ1) is 13.7. The number of aromatic nitrogens is 4. The van der Waals surface area contributed by atoms with E-state index in [1.807, 2.05) is 23.9 Å². The molecule has 0 aliphatic carbocycles. The first-order valence-corrected chi connectivity index (χ1v) is 11.9. The first kappa shape index (κ1) is 20.1. The molecule has 10 heteroatoms. The molecule has 0 amide bonds. The Balaban J connectivity index is 1.95. The summed E-state index contributed by atoms with van der Waals surface area (Å²) in [7, 11) is -0.476. The highest BCUT2D eigenvalue weighted by Crippen LogP contribution is 2.32. The molecule has 0 N–H and O–H groups in total. The van der Waals surface area contributed by atoms with Crippen LogP contribution in [0.3, 0.4) is 0 Å². The van der Waals surface area contributed by atoms with Crippen LogP contribution in [0.15, 0.2) is 28.8 Å². The van der Waals surface area contributed by atoms with Crippen LogP contribution in [-0.4, -0.2) is 62.0 Å². The minimum absolute atomic E-state index is 0.157. The van der Waals surface area contributed by atoms with Gasteiger partial charge in [-0.15, -0.1) is 0 Å². The predicted molar refractivity (Wildman–Crippen MR) is 116 cm³/mol. The van der Waals surface area contributed by atoms with Crippen LogP contribution in [0, 0.1) is 0 Å². The van der Waals surface area contributed by atoms with Gasteiger partial charge in [0.1, 0.15) is 16.6 Å². The zero-order valence-electron chi connectivity index (χ0n) is 16.8. The first-order valence-electron chi connectivity index (χ1n) is 9.24. The van der Waals surface area contributed by atoms with Gasteiger partial charge in [0, 0.05) is 59.0 Å². The van der Waals surface area contributed by atoms with Crippen molar-refractivity contribution < 1.29 is 8.95 Å². The maximum atomic E-state index is 12.3. The predicted octanol–water partition coefficient (Wildman–Crippen LogP) is 3.27. The van der Waals surface area contributed by atoms with Gasteiger partial charge in [0.25, 0.3) is 0 Å². The largest absolute Gasteiger partial charge is 0.377 e. The van der Waals surface area contributed by atoms with E-state index in [0.29, 0.717) is 36.6 Å². The van der Waals surface area contributed by atoms with Crippen molar-refractivity contribution in [3.05, 3.63) is 29.5 Å². The molecule has 1 atom stereocenters. The molecule has 1 fully saturated rings. The minimum atomic E-state index is -2.38. The van der Waals surface area contributed by atoms with E-state index in [1.165, 1.54) is 0 Å². The lowest BCUT2D eigenvalue weighted by atomic mass is 10.1. The highest BCUT2D eigenvalue weighted by molar-refractivity contribution is 7.92. The number of hydrogen-bond donors (Lipinski definition) is 0. The molecule has 0 radical (unpaired) electrons. The summed E-state index contributed by atoms with van der Waals surface area (Å²) in [5, 5.41) is 1.25. The number of fused-ring (bicyclic) bond motifs is 1. The van der Waals surface area contributed by atoms with Gasteiger partial charge in [0.15, 0.2) is 11.6 Å². The van der Waals surface area contributed by atoms with E-state index >= 15 is 0 Å². The Bertz CT molecular complexity index is 1190. The Morgan fingerprint density at radius 2 is 2.07 bits per heavy atom. The number of pyridine rings is 1. The van der Waals surface area contributed by atoms with Crippen molar-refractivity contribution in [1.82, 2.24) is 19.5 Å². The summed E-state index contributed by atoms with van der Waals surface area (Å²) >= 11 is 6.28. The van der Waals surface area contributed by atoms with Gasteiger partial charge in [-0.25, -0.2) is 19.2 Å². The fourth-order valence-electron chi connectivity index (χ4n) is 3.42. The van der Waals surface area contributed by atoms with Gasteiger partial charge in [0.05, 0.1) is 19.3 Å². The highest BCUT2D eigenvalue weighted by atomic mass is 35.5. The maximum Gasteiger partial charge on any atom is 0.167 e. The molecule has 8 nitrogen and oxygen atoms in total. The third kappa shape index (κ3) is 4.22. The van der Waals surface area contributed by atoms with Crippen molar-refractivity contribution in [3.63, 3.8) is 0 Å². The topological polar surface area (TPSA) is 85.5 Å². The summed E-state index contributed by atoms with van der Waals surface area (Å²) in [6, 6.07) is 5.65. The summed E-state index contributed by atoms with van der Waals surface area (Å²) in [6.07, 6.45) is 5.09. The number of anilines is 1. The van der Waals surface area contributed by atoms with Gasteiger partial charge in [-0.3, -0.25) is 0 Å². The smallest absolute Gasteiger partial charge is 0.167 e. The zero-order chi connectivity index (χ0) is 20.8. The van der Waals surface area contributed by atoms with Gasteiger partial charge < -0.3 is 14.2 Å². The summed E-state index contributed by atoms with van der Waals surface area (Å²) < 4.78 is 24.1. The van der Waals surface area contributed by atoms with Crippen LogP contribution < -0.4 is 4.90 Å². The fraction of sp³-hybridized carbons (Fsp3) is 0.421. The van der Waals surface area contributed by atoms with Gasteiger partial charge in [-0.2, -0.15) is 4.36 Å². The fourth-order valence-corrected chi connectivity index (χ4v) is 4.15. The van der Waals surface area contributed by atoms with Crippen molar-refractivity contribution >= 4 is 44.0 Å². The molecule has 0 aromatic carbocycles.